The molecule has 2 rings (SSSR count). The normalized spacial score (nSPS) is 25.4. The number of allylic oxidation sites excluding steroid dienone is 2. The lowest BCUT2D eigenvalue weighted by atomic mass is 9.85. The van der Waals surface area contributed by atoms with E-state index in [4.69, 9.17) is 21.4 Å². The first-order valence-corrected chi connectivity index (χ1v) is 10.5. The van der Waals surface area contributed by atoms with Crippen molar-refractivity contribution in [2.24, 2.45) is 11.8 Å². The third kappa shape index (κ3) is 8.33. The van der Waals surface area contributed by atoms with Gasteiger partial charge in [-0.15, -0.1) is 0 Å². The molecule has 1 fully saturated rings. The molecule has 1 saturated carbocycles. The highest BCUT2D eigenvalue weighted by Crippen LogP contribution is 2.39. The van der Waals surface area contributed by atoms with Crippen molar-refractivity contribution < 1.29 is 29.2 Å². The van der Waals surface area contributed by atoms with E-state index in [0.29, 0.717) is 42.9 Å². The Balaban J connectivity index is 1.75. The summed E-state index contributed by atoms with van der Waals surface area (Å²) in [5.74, 6) is -0.551. The van der Waals surface area contributed by atoms with Crippen molar-refractivity contribution in [1.82, 2.24) is 0 Å². The van der Waals surface area contributed by atoms with Crippen LogP contribution in [-0.4, -0.2) is 46.3 Å². The van der Waals surface area contributed by atoms with Gasteiger partial charge < -0.3 is 20.1 Å². The molecule has 0 aliphatic heterocycles. The first-order valence-electron chi connectivity index (χ1n) is 10.1. The summed E-state index contributed by atoms with van der Waals surface area (Å²) in [7, 11) is 0. The summed E-state index contributed by atoms with van der Waals surface area (Å²) in [4.78, 5) is 10.5. The number of aliphatic carboxylic acids is 1. The Morgan fingerprint density at radius 1 is 1.21 bits per heavy atom. The molecule has 0 saturated heterocycles. The molecule has 162 valence electrons. The monoisotopic (exact) mass is 428 g/mol. The topological polar surface area (TPSA) is 87.0 Å². The van der Waals surface area contributed by atoms with E-state index in [9.17, 15) is 19.4 Å². The minimum atomic E-state index is -1.17. The fourth-order valence-corrected chi connectivity index (χ4v) is 4.09. The lowest BCUT2D eigenvalue weighted by molar-refractivity contribution is -0.136. The van der Waals surface area contributed by atoms with E-state index in [-0.39, 0.29) is 31.3 Å². The van der Waals surface area contributed by atoms with E-state index < -0.39 is 24.3 Å². The Labute approximate surface area is 176 Å². The van der Waals surface area contributed by atoms with E-state index in [2.05, 4.69) is 0 Å². The van der Waals surface area contributed by atoms with Crippen LogP contribution in [-0.2, 0) is 4.79 Å². The zero-order valence-corrected chi connectivity index (χ0v) is 17.2. The van der Waals surface area contributed by atoms with Gasteiger partial charge in [0.1, 0.15) is 18.5 Å². The van der Waals surface area contributed by atoms with Crippen LogP contribution in [0, 0.1) is 11.8 Å². The Hall–Kier alpha value is -1.63. The van der Waals surface area contributed by atoms with Crippen LogP contribution in [0.3, 0.4) is 0 Å². The van der Waals surface area contributed by atoms with Crippen molar-refractivity contribution in [3.63, 3.8) is 0 Å². The van der Waals surface area contributed by atoms with Crippen LogP contribution < -0.4 is 4.74 Å². The quantitative estimate of drug-likeness (QED) is 0.429. The minimum absolute atomic E-state index is 0.0807. The third-order valence-electron chi connectivity index (χ3n) is 5.42. The molecule has 3 N–H and O–H groups in total. The molecule has 0 unspecified atom stereocenters. The molecule has 0 bridgehead atoms. The minimum Gasteiger partial charge on any atom is -0.491 e. The number of aliphatic hydroxyl groups is 2. The maximum atomic E-state index is 14.3. The summed E-state index contributed by atoms with van der Waals surface area (Å²) in [5.41, 5.74) is 0. The molecule has 29 heavy (non-hydrogen) atoms. The van der Waals surface area contributed by atoms with Crippen LogP contribution in [0.2, 0.25) is 5.02 Å². The van der Waals surface area contributed by atoms with Gasteiger partial charge in [-0.1, -0.05) is 29.8 Å². The Morgan fingerprint density at radius 2 is 1.90 bits per heavy atom. The van der Waals surface area contributed by atoms with Crippen LogP contribution in [0.5, 0.6) is 5.75 Å². The molecule has 5 atom stereocenters. The Morgan fingerprint density at radius 3 is 2.59 bits per heavy atom. The third-order valence-corrected chi connectivity index (χ3v) is 5.65. The van der Waals surface area contributed by atoms with Crippen molar-refractivity contribution in [1.29, 1.82) is 0 Å². The highest BCUT2D eigenvalue weighted by Gasteiger charge is 2.40. The molecule has 1 aliphatic carbocycles. The molecule has 7 heteroatoms. The predicted molar refractivity (Wildman–Crippen MR) is 110 cm³/mol. The largest absolute Gasteiger partial charge is 0.491 e. The van der Waals surface area contributed by atoms with Crippen LogP contribution in [0.4, 0.5) is 4.39 Å². The van der Waals surface area contributed by atoms with E-state index in [0.717, 1.165) is 0 Å². The second kappa shape index (κ2) is 12.2. The van der Waals surface area contributed by atoms with E-state index in [1.807, 2.05) is 12.2 Å². The van der Waals surface area contributed by atoms with Gasteiger partial charge in [-0.3, -0.25) is 4.79 Å². The molecule has 0 amide bonds. The fraction of sp³-hybridized carbons (Fsp3) is 0.591. The Bertz CT molecular complexity index is 668. The van der Waals surface area contributed by atoms with Crippen LogP contribution >= 0.6 is 11.6 Å². The first-order chi connectivity index (χ1) is 13.9. The number of hydrogen-bond acceptors (Lipinski definition) is 4. The molecule has 5 nitrogen and oxygen atoms in total. The highest BCUT2D eigenvalue weighted by atomic mass is 35.5. The molecular weight excluding hydrogens is 399 g/mol. The summed E-state index contributed by atoms with van der Waals surface area (Å²) >= 11 is 5.88. The van der Waals surface area contributed by atoms with Gasteiger partial charge in [-0.2, -0.15) is 0 Å². The first kappa shape index (κ1) is 23.6. The number of ether oxygens (including phenoxy) is 1. The fourth-order valence-electron chi connectivity index (χ4n) is 3.91. The van der Waals surface area contributed by atoms with Gasteiger partial charge in [0, 0.05) is 11.4 Å². The van der Waals surface area contributed by atoms with Gasteiger partial charge in [0.05, 0.1) is 12.2 Å². The number of benzene rings is 1. The van der Waals surface area contributed by atoms with Gasteiger partial charge >= 0.3 is 5.97 Å². The van der Waals surface area contributed by atoms with E-state index in [1.54, 1.807) is 24.3 Å². The molecule has 0 radical (unpaired) electrons. The van der Waals surface area contributed by atoms with E-state index >= 15 is 0 Å². The molecular formula is C22H30ClFO5. The molecule has 0 heterocycles. The standard InChI is InChI=1S/C22H30ClFO5/c23-15-6-5-7-17(12-15)29-14-16(24)10-11-19-18(20(25)13-21(19)26)8-3-1-2-4-9-22(27)28/h1-2,5-7,12,16,18-21,25-26H,3-4,8-11,13-14H2,(H,27,28)/b2-1-/t16-,18-,19-,20+,21-/m1/s1. The van der Waals surface area contributed by atoms with Crippen molar-refractivity contribution in [2.75, 3.05) is 6.61 Å². The zero-order valence-electron chi connectivity index (χ0n) is 16.4. The summed E-state index contributed by atoms with van der Waals surface area (Å²) < 4.78 is 19.7. The smallest absolute Gasteiger partial charge is 0.303 e. The summed E-state index contributed by atoms with van der Waals surface area (Å²) in [6.45, 7) is -0.0807. The maximum absolute atomic E-state index is 14.3. The number of carbonyl (C=O) groups is 1. The summed E-state index contributed by atoms with van der Waals surface area (Å²) in [6, 6.07) is 6.80. The van der Waals surface area contributed by atoms with Crippen LogP contribution in [0.1, 0.15) is 44.9 Å². The van der Waals surface area contributed by atoms with Crippen molar-refractivity contribution in [3.8, 4) is 5.75 Å². The zero-order chi connectivity index (χ0) is 21.2. The van der Waals surface area contributed by atoms with Gasteiger partial charge in [-0.05, 0) is 68.6 Å². The molecule has 1 aromatic carbocycles. The van der Waals surface area contributed by atoms with Gasteiger partial charge in [0.25, 0.3) is 0 Å². The van der Waals surface area contributed by atoms with Crippen molar-refractivity contribution >= 4 is 17.6 Å². The molecule has 1 aliphatic rings. The van der Waals surface area contributed by atoms with Crippen LogP contribution in [0.15, 0.2) is 36.4 Å². The second-order valence-electron chi connectivity index (χ2n) is 7.62. The highest BCUT2D eigenvalue weighted by molar-refractivity contribution is 6.30. The maximum Gasteiger partial charge on any atom is 0.303 e. The van der Waals surface area contributed by atoms with Gasteiger partial charge in [-0.25, -0.2) is 4.39 Å². The number of hydrogen-bond donors (Lipinski definition) is 3. The second-order valence-corrected chi connectivity index (χ2v) is 8.06. The lowest BCUT2D eigenvalue weighted by Gasteiger charge is -2.24. The number of alkyl halides is 1. The average Bonchev–Trinajstić information content (AvgIpc) is 2.93. The van der Waals surface area contributed by atoms with Crippen molar-refractivity contribution in [2.45, 2.75) is 63.3 Å². The average molecular weight is 429 g/mol. The molecule has 0 spiro atoms. The van der Waals surface area contributed by atoms with Crippen molar-refractivity contribution in [3.05, 3.63) is 41.4 Å². The number of carboxylic acid groups (broad SMARTS) is 1. The van der Waals surface area contributed by atoms with Gasteiger partial charge in [0.2, 0.25) is 0 Å². The SMILES string of the molecule is O=C(O)CC/C=C\CC[C@@H]1[C@@H](CC[C@@H](F)COc2cccc(Cl)c2)[C@H](O)C[C@@H]1O. The van der Waals surface area contributed by atoms with E-state index in [1.165, 1.54) is 0 Å². The molecule has 1 aromatic rings. The summed E-state index contributed by atoms with van der Waals surface area (Å²) in [5, 5.41) is 29.7. The number of aliphatic hydroxyl groups excluding tert-OH is 2. The summed E-state index contributed by atoms with van der Waals surface area (Å²) in [6.07, 6.45) is 4.33. The lowest BCUT2D eigenvalue weighted by Crippen LogP contribution is -2.24. The van der Waals surface area contributed by atoms with Crippen LogP contribution in [0.25, 0.3) is 0 Å². The number of carboxylic acids is 1. The number of rotatable bonds is 12. The number of halogens is 2. The Kier molecular flexibility index (Phi) is 9.91. The molecule has 0 aromatic heterocycles. The predicted octanol–water partition coefficient (Wildman–Crippen LogP) is 4.40. The van der Waals surface area contributed by atoms with Gasteiger partial charge in [0.15, 0.2) is 0 Å².